The van der Waals surface area contributed by atoms with Crippen LogP contribution in [0.5, 0.6) is 0 Å². The maximum Gasteiger partial charge on any atom is 1.00 e. The van der Waals surface area contributed by atoms with Crippen LogP contribution in [0.1, 0.15) is 6.42 Å². The topological polar surface area (TPSA) is 66.2 Å². The summed E-state index contributed by atoms with van der Waals surface area (Å²) < 4.78 is 0. The van der Waals surface area contributed by atoms with Crippen molar-refractivity contribution in [2.24, 2.45) is 5.73 Å². The van der Waals surface area contributed by atoms with Crippen LogP contribution < -0.4 is 29.7 Å². The quantitative estimate of drug-likeness (QED) is 0.418. The molecular formula is C5H10LiNO2S. The van der Waals surface area contributed by atoms with Crippen molar-refractivity contribution in [3.63, 3.8) is 0 Å². The molecular weight excluding hydrogens is 145 g/mol. The molecule has 5 heteroatoms. The number of carboxylic acids is 1. The largest absolute Gasteiger partial charge is 1.00 e. The number of carbonyl (C=O) groups is 1. The van der Waals surface area contributed by atoms with E-state index in [4.69, 9.17) is 5.73 Å². The SMILES string of the molecule is CSCC[C@H](N)C(=O)[O-].[Li+]. The van der Waals surface area contributed by atoms with Gasteiger partial charge >= 0.3 is 18.9 Å². The Morgan fingerprint density at radius 2 is 2.30 bits per heavy atom. The van der Waals surface area contributed by atoms with Crippen LogP contribution in [-0.4, -0.2) is 24.0 Å². The minimum absolute atomic E-state index is 0. The number of carboxylic acid groups (broad SMARTS) is 1. The molecule has 0 aromatic heterocycles. The van der Waals surface area contributed by atoms with Crippen molar-refractivity contribution in [2.45, 2.75) is 12.5 Å². The van der Waals surface area contributed by atoms with Crippen LogP contribution in [0.15, 0.2) is 0 Å². The van der Waals surface area contributed by atoms with Crippen LogP contribution in [0.4, 0.5) is 0 Å². The Labute approximate surface area is 76.9 Å². The molecule has 0 aliphatic heterocycles. The van der Waals surface area contributed by atoms with E-state index < -0.39 is 12.0 Å². The van der Waals surface area contributed by atoms with Crippen LogP contribution in [0.2, 0.25) is 0 Å². The summed E-state index contributed by atoms with van der Waals surface area (Å²) in [4.78, 5) is 9.96. The predicted molar refractivity (Wildman–Crippen MR) is 36.0 cm³/mol. The average Bonchev–Trinajstić information content (AvgIpc) is 1.82. The Hall–Kier alpha value is 0.377. The molecule has 0 aliphatic carbocycles. The number of nitrogens with two attached hydrogens (primary N) is 1. The summed E-state index contributed by atoms with van der Waals surface area (Å²) in [6.07, 6.45) is 2.39. The summed E-state index contributed by atoms with van der Waals surface area (Å²) in [6.45, 7) is 0. The van der Waals surface area contributed by atoms with E-state index in [-0.39, 0.29) is 18.9 Å². The summed E-state index contributed by atoms with van der Waals surface area (Å²) >= 11 is 1.58. The van der Waals surface area contributed by atoms with E-state index in [2.05, 4.69) is 0 Å². The van der Waals surface area contributed by atoms with Gasteiger partial charge < -0.3 is 15.6 Å². The van der Waals surface area contributed by atoms with Gasteiger partial charge in [0, 0.05) is 6.04 Å². The number of aliphatic carboxylic acids is 1. The molecule has 0 bridgehead atoms. The van der Waals surface area contributed by atoms with E-state index in [0.29, 0.717) is 6.42 Å². The van der Waals surface area contributed by atoms with Gasteiger partial charge in [-0.3, -0.25) is 0 Å². The molecule has 1 atom stereocenters. The third-order valence-electron chi connectivity index (χ3n) is 0.936. The second-order valence-electron chi connectivity index (χ2n) is 1.71. The first kappa shape index (κ1) is 13.0. The van der Waals surface area contributed by atoms with Crippen LogP contribution >= 0.6 is 11.8 Å². The van der Waals surface area contributed by atoms with Crippen molar-refractivity contribution < 1.29 is 28.8 Å². The molecule has 0 heterocycles. The summed E-state index contributed by atoms with van der Waals surface area (Å²) in [7, 11) is 0. The summed E-state index contributed by atoms with van der Waals surface area (Å²) in [6, 6.07) is -0.794. The molecule has 0 amide bonds. The van der Waals surface area contributed by atoms with Gasteiger partial charge in [0.1, 0.15) is 0 Å². The van der Waals surface area contributed by atoms with Crippen molar-refractivity contribution in [1.29, 1.82) is 0 Å². The standard InChI is InChI=1S/C5H11NO2S.Li/c1-9-3-2-4(6)5(7)8;/h4H,2-3,6H2,1H3,(H,7,8);/q;+1/p-1/t4-;/m0./s1. The first-order valence-electron chi connectivity index (χ1n) is 2.64. The Bertz CT molecular complexity index is 102. The second-order valence-corrected chi connectivity index (χ2v) is 2.69. The third-order valence-corrected chi connectivity index (χ3v) is 1.58. The first-order chi connectivity index (χ1) is 4.18. The monoisotopic (exact) mass is 155 g/mol. The molecule has 0 radical (unpaired) electrons. The maximum absolute atomic E-state index is 9.96. The Kier molecular flexibility index (Phi) is 9.73. The summed E-state index contributed by atoms with van der Waals surface area (Å²) in [5.41, 5.74) is 5.13. The van der Waals surface area contributed by atoms with Crippen molar-refractivity contribution in [3.05, 3.63) is 0 Å². The molecule has 0 fully saturated rings. The normalized spacial score (nSPS) is 11.8. The molecule has 0 aliphatic rings. The molecule has 2 N–H and O–H groups in total. The molecule has 0 unspecified atom stereocenters. The van der Waals surface area contributed by atoms with E-state index in [1.165, 1.54) is 0 Å². The molecule has 0 aromatic carbocycles. The van der Waals surface area contributed by atoms with Crippen LogP contribution in [0.25, 0.3) is 0 Å². The van der Waals surface area contributed by atoms with Gasteiger partial charge in [0.25, 0.3) is 0 Å². The van der Waals surface area contributed by atoms with E-state index in [9.17, 15) is 9.90 Å². The Morgan fingerprint density at radius 3 is 2.60 bits per heavy atom. The van der Waals surface area contributed by atoms with Crippen LogP contribution in [-0.2, 0) is 4.79 Å². The molecule has 0 spiro atoms. The molecule has 0 rings (SSSR count). The summed E-state index contributed by atoms with van der Waals surface area (Å²) in [5.74, 6) is -0.390. The fourth-order valence-corrected chi connectivity index (χ4v) is 0.852. The van der Waals surface area contributed by atoms with E-state index in [1.807, 2.05) is 6.26 Å². The number of carbonyl (C=O) groups excluding carboxylic acids is 1. The number of hydrogen-bond acceptors (Lipinski definition) is 4. The molecule has 54 valence electrons. The summed E-state index contributed by atoms with van der Waals surface area (Å²) in [5, 5.41) is 9.96. The van der Waals surface area contributed by atoms with Gasteiger partial charge in [0.15, 0.2) is 0 Å². The number of rotatable bonds is 4. The zero-order valence-electron chi connectivity index (χ0n) is 6.29. The van der Waals surface area contributed by atoms with Gasteiger partial charge in [-0.15, -0.1) is 0 Å². The van der Waals surface area contributed by atoms with Crippen molar-refractivity contribution in [3.8, 4) is 0 Å². The molecule has 0 saturated heterocycles. The number of thioether (sulfide) groups is 1. The van der Waals surface area contributed by atoms with Gasteiger partial charge in [-0.05, 0) is 18.4 Å². The molecule has 3 nitrogen and oxygen atoms in total. The van der Waals surface area contributed by atoms with Crippen LogP contribution in [0.3, 0.4) is 0 Å². The van der Waals surface area contributed by atoms with E-state index in [0.717, 1.165) is 5.75 Å². The fraction of sp³-hybridized carbons (Fsp3) is 0.800. The second kappa shape index (κ2) is 7.48. The molecule has 0 saturated carbocycles. The van der Waals surface area contributed by atoms with Gasteiger partial charge in [0.2, 0.25) is 0 Å². The van der Waals surface area contributed by atoms with Crippen molar-refractivity contribution in [2.75, 3.05) is 12.0 Å². The maximum atomic E-state index is 9.96. The zero-order chi connectivity index (χ0) is 7.28. The van der Waals surface area contributed by atoms with Crippen LogP contribution in [0, 0.1) is 0 Å². The minimum atomic E-state index is -1.16. The number of hydrogen-bond donors (Lipinski definition) is 1. The molecule has 10 heavy (non-hydrogen) atoms. The Balaban J connectivity index is 0. The third kappa shape index (κ3) is 6.50. The van der Waals surface area contributed by atoms with Gasteiger partial charge in [-0.2, -0.15) is 11.8 Å². The van der Waals surface area contributed by atoms with Crippen molar-refractivity contribution >= 4 is 17.7 Å². The fourth-order valence-electron chi connectivity index (χ4n) is 0.363. The van der Waals surface area contributed by atoms with Gasteiger partial charge in [-0.1, -0.05) is 0 Å². The predicted octanol–water partition coefficient (Wildman–Crippen LogP) is -4.18. The average molecular weight is 155 g/mol. The zero-order valence-corrected chi connectivity index (χ0v) is 7.11. The van der Waals surface area contributed by atoms with Gasteiger partial charge in [-0.25, -0.2) is 0 Å². The van der Waals surface area contributed by atoms with Gasteiger partial charge in [0.05, 0.1) is 5.97 Å². The minimum Gasteiger partial charge on any atom is -0.548 e. The van der Waals surface area contributed by atoms with Crippen molar-refractivity contribution in [1.82, 2.24) is 0 Å². The smallest absolute Gasteiger partial charge is 0.548 e. The van der Waals surface area contributed by atoms with E-state index >= 15 is 0 Å². The van der Waals surface area contributed by atoms with E-state index in [1.54, 1.807) is 11.8 Å². The molecule has 0 aromatic rings. The Morgan fingerprint density at radius 1 is 1.80 bits per heavy atom. The first-order valence-corrected chi connectivity index (χ1v) is 4.03.